The third-order valence-electron chi connectivity index (χ3n) is 1.97. The molecule has 4 N–H and O–H groups in total. The SMILES string of the molecule is CC(O)C(=O)O.CCC(C)(CO)CO. The number of aliphatic hydroxyl groups excluding tert-OH is 3. The molecule has 0 aromatic carbocycles. The number of aliphatic carboxylic acids is 1. The number of carboxylic acids is 1. The van der Waals surface area contributed by atoms with E-state index in [1.54, 1.807) is 0 Å². The second-order valence-corrected chi connectivity index (χ2v) is 3.49. The Morgan fingerprint density at radius 1 is 1.36 bits per heavy atom. The molecular weight excluding hydrogens is 188 g/mol. The van der Waals surface area contributed by atoms with E-state index in [2.05, 4.69) is 0 Å². The van der Waals surface area contributed by atoms with Gasteiger partial charge in [0, 0.05) is 5.41 Å². The zero-order valence-electron chi connectivity index (χ0n) is 8.90. The van der Waals surface area contributed by atoms with Crippen molar-refractivity contribution in [2.24, 2.45) is 5.41 Å². The van der Waals surface area contributed by atoms with Crippen LogP contribution >= 0.6 is 0 Å². The van der Waals surface area contributed by atoms with Crippen LogP contribution in [0, 0.1) is 5.41 Å². The van der Waals surface area contributed by atoms with Gasteiger partial charge in [-0.1, -0.05) is 13.8 Å². The standard InChI is InChI=1S/C6H14O2.C3H6O3/c1-3-6(2,4-7)5-8;1-2(4)3(5)6/h7-8H,3-5H2,1-2H3;2,4H,1H3,(H,5,6). The molecule has 5 nitrogen and oxygen atoms in total. The molecule has 86 valence electrons. The van der Waals surface area contributed by atoms with E-state index in [0.717, 1.165) is 6.42 Å². The topological polar surface area (TPSA) is 98.0 Å². The molecule has 5 heteroatoms. The quantitative estimate of drug-likeness (QED) is 0.514. The summed E-state index contributed by atoms with van der Waals surface area (Å²) in [6, 6.07) is 0. The molecule has 0 saturated heterocycles. The Kier molecular flexibility index (Phi) is 8.72. The summed E-state index contributed by atoms with van der Waals surface area (Å²) in [5, 5.41) is 33.0. The molecule has 0 heterocycles. The summed E-state index contributed by atoms with van der Waals surface area (Å²) in [4.78, 5) is 9.45. The van der Waals surface area contributed by atoms with Crippen molar-refractivity contribution in [3.8, 4) is 0 Å². The fourth-order valence-electron chi connectivity index (χ4n) is 0.274. The van der Waals surface area contributed by atoms with Crippen molar-refractivity contribution >= 4 is 5.97 Å². The van der Waals surface area contributed by atoms with Crippen molar-refractivity contribution in [2.75, 3.05) is 13.2 Å². The predicted octanol–water partition coefficient (Wildman–Crippen LogP) is -0.161. The van der Waals surface area contributed by atoms with Crippen LogP contribution in [0.3, 0.4) is 0 Å². The molecule has 1 unspecified atom stereocenters. The highest BCUT2D eigenvalue weighted by molar-refractivity contribution is 5.71. The molecule has 0 aliphatic heterocycles. The number of rotatable bonds is 4. The normalized spacial score (nSPS) is 12.7. The minimum Gasteiger partial charge on any atom is -0.479 e. The van der Waals surface area contributed by atoms with Crippen LogP contribution in [-0.4, -0.2) is 45.7 Å². The average Bonchev–Trinajstić information content (AvgIpc) is 2.17. The maximum atomic E-state index is 9.45. The van der Waals surface area contributed by atoms with Crippen LogP contribution in [0.25, 0.3) is 0 Å². The maximum Gasteiger partial charge on any atom is 0.332 e. The van der Waals surface area contributed by atoms with E-state index in [1.165, 1.54) is 6.92 Å². The van der Waals surface area contributed by atoms with Gasteiger partial charge in [-0.3, -0.25) is 0 Å². The summed E-state index contributed by atoms with van der Waals surface area (Å²) < 4.78 is 0. The van der Waals surface area contributed by atoms with Gasteiger partial charge in [-0.05, 0) is 13.3 Å². The van der Waals surface area contributed by atoms with Gasteiger partial charge in [0.2, 0.25) is 0 Å². The second-order valence-electron chi connectivity index (χ2n) is 3.49. The Bertz CT molecular complexity index is 143. The fraction of sp³-hybridized carbons (Fsp3) is 0.889. The highest BCUT2D eigenvalue weighted by Crippen LogP contribution is 2.17. The Morgan fingerprint density at radius 2 is 1.64 bits per heavy atom. The van der Waals surface area contributed by atoms with Crippen LogP contribution in [0.5, 0.6) is 0 Å². The van der Waals surface area contributed by atoms with Crippen molar-refractivity contribution in [1.29, 1.82) is 0 Å². The fourth-order valence-corrected chi connectivity index (χ4v) is 0.274. The lowest BCUT2D eigenvalue weighted by Crippen LogP contribution is -2.24. The van der Waals surface area contributed by atoms with E-state index in [4.69, 9.17) is 20.4 Å². The van der Waals surface area contributed by atoms with Crippen LogP contribution < -0.4 is 0 Å². The monoisotopic (exact) mass is 208 g/mol. The lowest BCUT2D eigenvalue weighted by molar-refractivity contribution is -0.145. The summed E-state index contributed by atoms with van der Waals surface area (Å²) in [7, 11) is 0. The minimum absolute atomic E-state index is 0.0694. The van der Waals surface area contributed by atoms with Crippen LogP contribution in [-0.2, 0) is 4.79 Å². The molecule has 0 amide bonds. The summed E-state index contributed by atoms with van der Waals surface area (Å²) >= 11 is 0. The first kappa shape index (κ1) is 15.8. The molecule has 0 aromatic rings. The molecule has 0 bridgehead atoms. The first-order chi connectivity index (χ1) is 6.32. The van der Waals surface area contributed by atoms with E-state index >= 15 is 0 Å². The van der Waals surface area contributed by atoms with Gasteiger partial charge >= 0.3 is 5.97 Å². The Morgan fingerprint density at radius 3 is 1.64 bits per heavy atom. The number of hydrogen-bond acceptors (Lipinski definition) is 4. The molecule has 0 aliphatic rings. The summed E-state index contributed by atoms with van der Waals surface area (Å²) in [6.45, 7) is 5.14. The van der Waals surface area contributed by atoms with E-state index in [0.29, 0.717) is 0 Å². The van der Waals surface area contributed by atoms with Crippen LogP contribution in [0.1, 0.15) is 27.2 Å². The molecule has 0 saturated carbocycles. The number of carbonyl (C=O) groups is 1. The van der Waals surface area contributed by atoms with E-state index < -0.39 is 12.1 Å². The first-order valence-electron chi connectivity index (χ1n) is 4.45. The molecule has 0 spiro atoms. The van der Waals surface area contributed by atoms with Crippen molar-refractivity contribution in [3.63, 3.8) is 0 Å². The highest BCUT2D eigenvalue weighted by atomic mass is 16.4. The molecule has 0 radical (unpaired) electrons. The minimum atomic E-state index is -1.23. The van der Waals surface area contributed by atoms with Crippen molar-refractivity contribution in [3.05, 3.63) is 0 Å². The van der Waals surface area contributed by atoms with Gasteiger partial charge in [-0.25, -0.2) is 4.79 Å². The van der Waals surface area contributed by atoms with E-state index in [-0.39, 0.29) is 18.6 Å². The Labute approximate surface area is 84.0 Å². The van der Waals surface area contributed by atoms with Gasteiger partial charge in [0.05, 0.1) is 13.2 Å². The first-order valence-corrected chi connectivity index (χ1v) is 4.45. The smallest absolute Gasteiger partial charge is 0.332 e. The van der Waals surface area contributed by atoms with Crippen LogP contribution in [0.15, 0.2) is 0 Å². The predicted molar refractivity (Wildman–Crippen MR) is 51.9 cm³/mol. The zero-order valence-corrected chi connectivity index (χ0v) is 8.90. The molecule has 0 fully saturated rings. The van der Waals surface area contributed by atoms with Gasteiger partial charge in [0.15, 0.2) is 0 Å². The molecular formula is C9H20O5. The number of hydrogen-bond donors (Lipinski definition) is 4. The maximum absolute atomic E-state index is 9.45. The lowest BCUT2D eigenvalue weighted by Gasteiger charge is -2.21. The third-order valence-corrected chi connectivity index (χ3v) is 1.97. The highest BCUT2D eigenvalue weighted by Gasteiger charge is 2.18. The summed E-state index contributed by atoms with van der Waals surface area (Å²) in [6.07, 6.45) is -0.412. The van der Waals surface area contributed by atoms with Crippen LogP contribution in [0.2, 0.25) is 0 Å². The zero-order chi connectivity index (χ0) is 11.8. The Balaban J connectivity index is 0. The van der Waals surface area contributed by atoms with E-state index in [1.807, 2.05) is 13.8 Å². The molecule has 0 aliphatic carbocycles. The van der Waals surface area contributed by atoms with Crippen molar-refractivity contribution < 1.29 is 25.2 Å². The van der Waals surface area contributed by atoms with Gasteiger partial charge in [-0.15, -0.1) is 0 Å². The van der Waals surface area contributed by atoms with Gasteiger partial charge < -0.3 is 20.4 Å². The van der Waals surface area contributed by atoms with Gasteiger partial charge in [0.1, 0.15) is 6.10 Å². The molecule has 14 heavy (non-hydrogen) atoms. The molecule has 1 atom stereocenters. The molecule has 0 aromatic heterocycles. The van der Waals surface area contributed by atoms with Crippen molar-refractivity contribution in [1.82, 2.24) is 0 Å². The second kappa shape index (κ2) is 7.73. The van der Waals surface area contributed by atoms with E-state index in [9.17, 15) is 4.79 Å². The largest absolute Gasteiger partial charge is 0.479 e. The number of aliphatic hydroxyl groups is 3. The van der Waals surface area contributed by atoms with Crippen molar-refractivity contribution in [2.45, 2.75) is 33.3 Å². The molecule has 0 rings (SSSR count). The van der Waals surface area contributed by atoms with Crippen LogP contribution in [0.4, 0.5) is 0 Å². The lowest BCUT2D eigenvalue weighted by atomic mass is 9.90. The van der Waals surface area contributed by atoms with Gasteiger partial charge in [0.25, 0.3) is 0 Å². The number of carboxylic acid groups (broad SMARTS) is 1. The van der Waals surface area contributed by atoms with Gasteiger partial charge in [-0.2, -0.15) is 0 Å². The third kappa shape index (κ3) is 7.97. The Hall–Kier alpha value is -0.650. The average molecular weight is 208 g/mol. The summed E-state index contributed by atoms with van der Waals surface area (Å²) in [5.74, 6) is -1.19. The summed E-state index contributed by atoms with van der Waals surface area (Å²) in [5.41, 5.74) is -0.264.